The molecular weight excluding hydrogens is 276 g/mol. The second kappa shape index (κ2) is 5.85. The van der Waals surface area contributed by atoms with Gasteiger partial charge in [-0.2, -0.15) is 23.1 Å². The molecule has 104 valence electrons. The van der Waals surface area contributed by atoms with E-state index in [0.29, 0.717) is 5.92 Å². The topological polar surface area (TPSA) is 32.3 Å². The monoisotopic (exact) mass is 296 g/mol. The number of amides is 1. The first-order valence-corrected chi connectivity index (χ1v) is 9.05. The Morgan fingerprint density at radius 2 is 2.42 bits per heavy atom. The summed E-state index contributed by atoms with van der Waals surface area (Å²) in [6, 6.07) is 2.13. The summed E-state index contributed by atoms with van der Waals surface area (Å²) >= 11 is 3.71. The summed E-state index contributed by atoms with van der Waals surface area (Å²) in [5.41, 5.74) is 1.24. The molecule has 3 heterocycles. The van der Waals surface area contributed by atoms with Crippen molar-refractivity contribution < 1.29 is 4.79 Å². The van der Waals surface area contributed by atoms with E-state index in [2.05, 4.69) is 34.0 Å². The van der Waals surface area contributed by atoms with E-state index in [-0.39, 0.29) is 18.1 Å². The van der Waals surface area contributed by atoms with Gasteiger partial charge in [-0.25, -0.2) is 0 Å². The highest BCUT2D eigenvalue weighted by molar-refractivity contribution is 7.99. The van der Waals surface area contributed by atoms with Crippen LogP contribution in [0.1, 0.15) is 31.5 Å². The van der Waals surface area contributed by atoms with Crippen LogP contribution in [0.2, 0.25) is 0 Å². The van der Waals surface area contributed by atoms with Gasteiger partial charge in [-0.1, -0.05) is 6.92 Å². The molecule has 3 atom stereocenters. The maximum absolute atomic E-state index is 12.5. The summed E-state index contributed by atoms with van der Waals surface area (Å²) in [5.74, 6) is 3.42. The molecule has 2 saturated heterocycles. The van der Waals surface area contributed by atoms with Gasteiger partial charge in [-0.05, 0) is 52.7 Å². The van der Waals surface area contributed by atoms with E-state index >= 15 is 0 Å². The van der Waals surface area contributed by atoms with Gasteiger partial charge in [0.15, 0.2) is 0 Å². The number of carbonyl (C=O) groups excluding carboxylic acids is 1. The lowest BCUT2D eigenvalue weighted by Crippen LogP contribution is -2.35. The van der Waals surface area contributed by atoms with Crippen molar-refractivity contribution in [3.8, 4) is 0 Å². The van der Waals surface area contributed by atoms with Gasteiger partial charge >= 0.3 is 0 Å². The SMILES string of the molecule is CCC1NC(c2ccsc2)N(CC2CCSC2)C1=O. The molecule has 1 aromatic heterocycles. The molecule has 1 amide bonds. The van der Waals surface area contributed by atoms with Crippen molar-refractivity contribution in [2.45, 2.75) is 32.0 Å². The van der Waals surface area contributed by atoms with Crippen LogP contribution in [0.4, 0.5) is 0 Å². The minimum atomic E-state index is -0.000967. The molecule has 1 aromatic rings. The first-order chi connectivity index (χ1) is 9.29. The van der Waals surface area contributed by atoms with E-state index < -0.39 is 0 Å². The second-order valence-corrected chi connectivity index (χ2v) is 7.24. The van der Waals surface area contributed by atoms with Crippen molar-refractivity contribution in [1.82, 2.24) is 10.2 Å². The van der Waals surface area contributed by atoms with E-state index in [4.69, 9.17) is 0 Å². The average molecular weight is 296 g/mol. The summed E-state index contributed by atoms with van der Waals surface area (Å²) in [4.78, 5) is 14.6. The van der Waals surface area contributed by atoms with E-state index in [1.54, 1.807) is 11.3 Å². The third-order valence-corrected chi connectivity index (χ3v) is 5.93. The lowest BCUT2D eigenvalue weighted by atomic mass is 10.1. The summed E-state index contributed by atoms with van der Waals surface area (Å²) in [6.07, 6.45) is 2.21. The molecule has 0 spiro atoms. The molecule has 3 unspecified atom stereocenters. The van der Waals surface area contributed by atoms with Crippen LogP contribution in [-0.4, -0.2) is 34.9 Å². The van der Waals surface area contributed by atoms with Crippen LogP contribution in [0.3, 0.4) is 0 Å². The summed E-state index contributed by atoms with van der Waals surface area (Å²) < 4.78 is 0. The fourth-order valence-electron chi connectivity index (χ4n) is 2.88. The smallest absolute Gasteiger partial charge is 0.241 e. The Morgan fingerprint density at radius 3 is 3.05 bits per heavy atom. The Kier molecular flexibility index (Phi) is 4.15. The predicted octanol–water partition coefficient (Wildman–Crippen LogP) is 2.71. The van der Waals surface area contributed by atoms with Gasteiger partial charge in [0.1, 0.15) is 6.17 Å². The van der Waals surface area contributed by atoms with Gasteiger partial charge in [0.25, 0.3) is 0 Å². The first kappa shape index (κ1) is 13.5. The van der Waals surface area contributed by atoms with Crippen molar-refractivity contribution in [3.05, 3.63) is 22.4 Å². The number of nitrogens with zero attached hydrogens (tertiary/aromatic N) is 1. The molecule has 2 aliphatic heterocycles. The zero-order valence-corrected chi connectivity index (χ0v) is 12.8. The maximum atomic E-state index is 12.5. The molecule has 0 radical (unpaired) electrons. The van der Waals surface area contributed by atoms with Crippen LogP contribution in [0, 0.1) is 5.92 Å². The zero-order valence-electron chi connectivity index (χ0n) is 11.2. The minimum absolute atomic E-state index is 0.000967. The summed E-state index contributed by atoms with van der Waals surface area (Å²) in [5, 5.41) is 7.73. The highest BCUT2D eigenvalue weighted by Crippen LogP contribution is 2.32. The molecule has 0 saturated carbocycles. The Labute approximate surface area is 122 Å². The molecule has 0 bridgehead atoms. The maximum Gasteiger partial charge on any atom is 0.241 e. The number of hydrogen-bond donors (Lipinski definition) is 1. The van der Waals surface area contributed by atoms with Crippen molar-refractivity contribution in [2.75, 3.05) is 18.1 Å². The van der Waals surface area contributed by atoms with Gasteiger partial charge in [-0.15, -0.1) is 0 Å². The zero-order chi connectivity index (χ0) is 13.2. The molecule has 0 aliphatic carbocycles. The fraction of sp³-hybridized carbons (Fsp3) is 0.643. The lowest BCUT2D eigenvalue weighted by molar-refractivity contribution is -0.130. The second-order valence-electron chi connectivity index (χ2n) is 5.31. The Hall–Kier alpha value is -0.520. The predicted molar refractivity (Wildman–Crippen MR) is 81.4 cm³/mol. The molecule has 0 aromatic carbocycles. The van der Waals surface area contributed by atoms with Crippen molar-refractivity contribution >= 4 is 29.0 Å². The largest absolute Gasteiger partial charge is 0.321 e. The molecule has 2 fully saturated rings. The molecular formula is C14H20N2OS2. The number of thioether (sulfide) groups is 1. The highest BCUT2D eigenvalue weighted by Gasteiger charge is 2.39. The van der Waals surface area contributed by atoms with E-state index in [1.807, 2.05) is 11.8 Å². The standard InChI is InChI=1S/C14H20N2OS2/c1-2-12-14(17)16(7-10-3-5-18-8-10)13(15-12)11-4-6-19-9-11/h4,6,9-10,12-13,15H,2-3,5,7-8H2,1H3. The van der Waals surface area contributed by atoms with Crippen LogP contribution in [0.5, 0.6) is 0 Å². The third-order valence-electron chi connectivity index (χ3n) is 4.00. The first-order valence-electron chi connectivity index (χ1n) is 6.96. The molecule has 3 rings (SSSR count). The van der Waals surface area contributed by atoms with Crippen LogP contribution in [0.25, 0.3) is 0 Å². The van der Waals surface area contributed by atoms with Gasteiger partial charge in [-0.3, -0.25) is 10.1 Å². The van der Waals surface area contributed by atoms with Gasteiger partial charge in [0.05, 0.1) is 6.04 Å². The number of rotatable bonds is 4. The van der Waals surface area contributed by atoms with Gasteiger partial charge in [0, 0.05) is 6.54 Å². The molecule has 19 heavy (non-hydrogen) atoms. The lowest BCUT2D eigenvalue weighted by Gasteiger charge is -2.26. The number of thiophene rings is 1. The van der Waals surface area contributed by atoms with E-state index in [1.165, 1.54) is 23.5 Å². The van der Waals surface area contributed by atoms with Crippen molar-refractivity contribution in [1.29, 1.82) is 0 Å². The van der Waals surface area contributed by atoms with Crippen LogP contribution in [0.15, 0.2) is 16.8 Å². The Balaban J connectivity index is 1.77. The molecule has 5 heteroatoms. The summed E-state index contributed by atoms with van der Waals surface area (Å²) in [7, 11) is 0. The van der Waals surface area contributed by atoms with Crippen molar-refractivity contribution in [2.24, 2.45) is 5.92 Å². The van der Waals surface area contributed by atoms with Crippen LogP contribution < -0.4 is 5.32 Å². The number of carbonyl (C=O) groups is 1. The number of hydrogen-bond acceptors (Lipinski definition) is 4. The quantitative estimate of drug-likeness (QED) is 0.927. The van der Waals surface area contributed by atoms with Crippen LogP contribution in [-0.2, 0) is 4.79 Å². The number of nitrogens with one attached hydrogen (secondary N) is 1. The Morgan fingerprint density at radius 1 is 1.53 bits per heavy atom. The minimum Gasteiger partial charge on any atom is -0.321 e. The molecule has 1 N–H and O–H groups in total. The van der Waals surface area contributed by atoms with Gasteiger partial charge in [0.2, 0.25) is 5.91 Å². The van der Waals surface area contributed by atoms with Crippen LogP contribution >= 0.6 is 23.1 Å². The average Bonchev–Trinajstić information content (AvgIpc) is 3.13. The molecule has 2 aliphatic rings. The molecule has 3 nitrogen and oxygen atoms in total. The Bertz CT molecular complexity index is 429. The fourth-order valence-corrected chi connectivity index (χ4v) is 4.83. The highest BCUT2D eigenvalue weighted by atomic mass is 32.2. The van der Waals surface area contributed by atoms with E-state index in [0.717, 1.165) is 13.0 Å². The van der Waals surface area contributed by atoms with Crippen molar-refractivity contribution in [3.63, 3.8) is 0 Å². The van der Waals surface area contributed by atoms with E-state index in [9.17, 15) is 4.79 Å². The third kappa shape index (κ3) is 2.69. The normalized spacial score (nSPS) is 31.3. The van der Waals surface area contributed by atoms with Gasteiger partial charge < -0.3 is 4.90 Å². The summed E-state index contributed by atoms with van der Waals surface area (Å²) in [6.45, 7) is 2.99.